The standard InChI is InChI=1S/C6H8BrN3O/c1-11-3-5-9-2-4(7)6(8)10-5/h2H,3H2,1H3,(H2,8,9,10). The summed E-state index contributed by atoms with van der Waals surface area (Å²) in [5, 5.41) is 0. The van der Waals surface area contributed by atoms with Crippen molar-refractivity contribution in [3.05, 3.63) is 16.5 Å². The quantitative estimate of drug-likeness (QED) is 0.803. The maximum Gasteiger partial charge on any atom is 0.156 e. The molecule has 0 saturated heterocycles. The number of halogens is 1. The van der Waals surface area contributed by atoms with Crippen molar-refractivity contribution >= 4 is 21.7 Å². The van der Waals surface area contributed by atoms with Crippen LogP contribution in [0.3, 0.4) is 0 Å². The molecule has 0 bridgehead atoms. The van der Waals surface area contributed by atoms with Crippen LogP contribution >= 0.6 is 15.9 Å². The van der Waals surface area contributed by atoms with Crippen molar-refractivity contribution in [2.75, 3.05) is 12.8 Å². The smallest absolute Gasteiger partial charge is 0.156 e. The Morgan fingerprint density at radius 3 is 3.00 bits per heavy atom. The van der Waals surface area contributed by atoms with Gasteiger partial charge in [-0.15, -0.1) is 0 Å². The van der Waals surface area contributed by atoms with Crippen molar-refractivity contribution in [3.63, 3.8) is 0 Å². The molecule has 0 amide bonds. The average molecular weight is 218 g/mol. The van der Waals surface area contributed by atoms with Gasteiger partial charge in [0.25, 0.3) is 0 Å². The largest absolute Gasteiger partial charge is 0.383 e. The zero-order chi connectivity index (χ0) is 8.27. The number of ether oxygens (including phenoxy) is 1. The van der Waals surface area contributed by atoms with Gasteiger partial charge in [0, 0.05) is 13.3 Å². The van der Waals surface area contributed by atoms with Crippen LogP contribution < -0.4 is 5.73 Å². The summed E-state index contributed by atoms with van der Waals surface area (Å²) in [6, 6.07) is 0. The molecule has 1 aromatic heterocycles. The monoisotopic (exact) mass is 217 g/mol. The van der Waals surface area contributed by atoms with Crippen molar-refractivity contribution in [1.29, 1.82) is 0 Å². The highest BCUT2D eigenvalue weighted by Crippen LogP contribution is 2.14. The van der Waals surface area contributed by atoms with Gasteiger partial charge in [-0.1, -0.05) is 0 Å². The van der Waals surface area contributed by atoms with Crippen LogP contribution in [0.25, 0.3) is 0 Å². The second-order valence-electron chi connectivity index (χ2n) is 1.95. The van der Waals surface area contributed by atoms with E-state index in [9.17, 15) is 0 Å². The van der Waals surface area contributed by atoms with Gasteiger partial charge in [-0.2, -0.15) is 0 Å². The third kappa shape index (κ3) is 2.13. The van der Waals surface area contributed by atoms with Crippen molar-refractivity contribution in [2.24, 2.45) is 0 Å². The molecule has 60 valence electrons. The number of nitrogen functional groups attached to an aromatic ring is 1. The van der Waals surface area contributed by atoms with Gasteiger partial charge < -0.3 is 10.5 Å². The minimum Gasteiger partial charge on any atom is -0.383 e. The SMILES string of the molecule is COCc1ncc(Br)c(N)n1. The van der Waals surface area contributed by atoms with Crippen LogP contribution in [0.2, 0.25) is 0 Å². The lowest BCUT2D eigenvalue weighted by atomic mass is 10.5. The highest BCUT2D eigenvalue weighted by Gasteiger charge is 1.99. The van der Waals surface area contributed by atoms with Crippen molar-refractivity contribution in [1.82, 2.24) is 9.97 Å². The number of hydrogen-bond acceptors (Lipinski definition) is 4. The van der Waals surface area contributed by atoms with Gasteiger partial charge in [0.15, 0.2) is 5.82 Å². The highest BCUT2D eigenvalue weighted by atomic mass is 79.9. The Hall–Kier alpha value is -0.680. The predicted molar refractivity (Wildman–Crippen MR) is 44.9 cm³/mol. The summed E-state index contributed by atoms with van der Waals surface area (Å²) in [5.41, 5.74) is 5.50. The van der Waals surface area contributed by atoms with Crippen LogP contribution in [0.1, 0.15) is 5.82 Å². The summed E-state index contributed by atoms with van der Waals surface area (Å²) in [7, 11) is 1.58. The Morgan fingerprint density at radius 2 is 2.45 bits per heavy atom. The lowest BCUT2D eigenvalue weighted by Crippen LogP contribution is -2.00. The van der Waals surface area contributed by atoms with Gasteiger partial charge in [-0.25, -0.2) is 9.97 Å². The number of anilines is 1. The first-order valence-corrected chi connectivity index (χ1v) is 3.79. The first kappa shape index (κ1) is 8.42. The van der Waals surface area contributed by atoms with Crippen molar-refractivity contribution in [2.45, 2.75) is 6.61 Å². The Bertz CT molecular complexity index is 254. The number of methoxy groups -OCH3 is 1. The van der Waals surface area contributed by atoms with E-state index in [2.05, 4.69) is 25.9 Å². The third-order valence-corrected chi connectivity index (χ3v) is 1.71. The molecule has 0 radical (unpaired) electrons. The molecule has 0 fully saturated rings. The maximum absolute atomic E-state index is 5.50. The summed E-state index contributed by atoms with van der Waals surface area (Å²) < 4.78 is 5.53. The number of nitrogens with two attached hydrogens (primary N) is 1. The Labute approximate surface area is 72.9 Å². The molecule has 5 heteroatoms. The van der Waals surface area contributed by atoms with E-state index in [1.165, 1.54) is 0 Å². The second-order valence-corrected chi connectivity index (χ2v) is 2.81. The van der Waals surface area contributed by atoms with E-state index in [0.29, 0.717) is 22.7 Å². The van der Waals surface area contributed by atoms with Gasteiger partial charge >= 0.3 is 0 Å². The van der Waals surface area contributed by atoms with E-state index in [0.717, 1.165) is 0 Å². The molecule has 1 aromatic rings. The molecule has 0 aliphatic rings. The lowest BCUT2D eigenvalue weighted by Gasteiger charge is -1.99. The van der Waals surface area contributed by atoms with Crippen LogP contribution in [0.15, 0.2) is 10.7 Å². The van der Waals surface area contributed by atoms with E-state index in [4.69, 9.17) is 10.5 Å². The minimum atomic E-state index is 0.386. The molecule has 0 saturated carbocycles. The zero-order valence-electron chi connectivity index (χ0n) is 6.04. The van der Waals surface area contributed by atoms with Gasteiger partial charge in [-0.3, -0.25) is 0 Å². The zero-order valence-corrected chi connectivity index (χ0v) is 7.63. The van der Waals surface area contributed by atoms with Gasteiger partial charge in [0.05, 0.1) is 4.47 Å². The van der Waals surface area contributed by atoms with Crippen molar-refractivity contribution in [3.8, 4) is 0 Å². The second kappa shape index (κ2) is 3.64. The predicted octanol–water partition coefficient (Wildman–Crippen LogP) is 0.968. The molecule has 0 aliphatic heterocycles. The molecule has 0 atom stereocenters. The van der Waals surface area contributed by atoms with Crippen molar-refractivity contribution < 1.29 is 4.74 Å². The number of hydrogen-bond donors (Lipinski definition) is 1. The molecule has 0 aliphatic carbocycles. The maximum atomic E-state index is 5.50. The van der Waals surface area contributed by atoms with Crippen LogP contribution in [0.5, 0.6) is 0 Å². The summed E-state index contributed by atoms with van der Waals surface area (Å²) in [4.78, 5) is 7.92. The normalized spacial score (nSPS) is 10.0. The minimum absolute atomic E-state index is 0.386. The van der Waals surface area contributed by atoms with Crippen LogP contribution in [-0.4, -0.2) is 17.1 Å². The molecule has 11 heavy (non-hydrogen) atoms. The molecular weight excluding hydrogens is 210 g/mol. The van der Waals surface area contributed by atoms with Gasteiger partial charge in [0.2, 0.25) is 0 Å². The van der Waals surface area contributed by atoms with Gasteiger partial charge in [-0.05, 0) is 15.9 Å². The fourth-order valence-electron chi connectivity index (χ4n) is 0.617. The molecule has 2 N–H and O–H groups in total. The van der Waals surface area contributed by atoms with E-state index < -0.39 is 0 Å². The van der Waals surface area contributed by atoms with E-state index >= 15 is 0 Å². The Kier molecular flexibility index (Phi) is 2.78. The van der Waals surface area contributed by atoms with E-state index in [1.54, 1.807) is 13.3 Å². The average Bonchev–Trinajstić information content (AvgIpc) is 1.98. The third-order valence-electron chi connectivity index (χ3n) is 1.09. The summed E-state index contributed by atoms with van der Waals surface area (Å²) in [6.45, 7) is 0.386. The summed E-state index contributed by atoms with van der Waals surface area (Å²) in [6.07, 6.45) is 1.61. The fourth-order valence-corrected chi connectivity index (χ4v) is 0.808. The molecule has 1 heterocycles. The van der Waals surface area contributed by atoms with Crippen LogP contribution in [0, 0.1) is 0 Å². The lowest BCUT2D eigenvalue weighted by molar-refractivity contribution is 0.178. The molecule has 0 spiro atoms. The number of rotatable bonds is 2. The van der Waals surface area contributed by atoms with E-state index in [-0.39, 0.29) is 0 Å². The fraction of sp³-hybridized carbons (Fsp3) is 0.333. The van der Waals surface area contributed by atoms with E-state index in [1.807, 2.05) is 0 Å². The molecule has 0 unspecified atom stereocenters. The Balaban J connectivity index is 2.86. The summed E-state index contributed by atoms with van der Waals surface area (Å²) in [5.74, 6) is 1.03. The molecular formula is C6H8BrN3O. The van der Waals surface area contributed by atoms with Crippen LogP contribution in [0.4, 0.5) is 5.82 Å². The first-order valence-electron chi connectivity index (χ1n) is 3.00. The van der Waals surface area contributed by atoms with Crippen LogP contribution in [-0.2, 0) is 11.3 Å². The molecule has 1 rings (SSSR count). The molecule has 4 nitrogen and oxygen atoms in total. The Morgan fingerprint density at radius 1 is 1.73 bits per heavy atom. The number of nitrogens with zero attached hydrogens (tertiary/aromatic N) is 2. The highest BCUT2D eigenvalue weighted by molar-refractivity contribution is 9.10. The molecule has 0 aromatic carbocycles. The first-order chi connectivity index (χ1) is 5.24. The topological polar surface area (TPSA) is 61.0 Å². The number of aromatic nitrogens is 2. The summed E-state index contributed by atoms with van der Waals surface area (Å²) >= 11 is 3.19. The van der Waals surface area contributed by atoms with Gasteiger partial charge in [0.1, 0.15) is 12.4 Å².